The highest BCUT2D eigenvalue weighted by Gasteiger charge is 2.07. The largest absolute Gasteiger partial charge is 0.299 e. The molecular weight excluding hydrogens is 303 g/mol. The van der Waals surface area contributed by atoms with E-state index in [1.807, 2.05) is 16.8 Å². The zero-order valence-electron chi connectivity index (χ0n) is 8.95. The van der Waals surface area contributed by atoms with Crippen molar-refractivity contribution >= 4 is 33.0 Å². The first-order chi connectivity index (χ1) is 8.15. The van der Waals surface area contributed by atoms with E-state index in [4.69, 9.17) is 0 Å². The molecule has 0 atom stereocenters. The molecular formula is C13H10BrFOS. The third-order valence-corrected chi connectivity index (χ3v) is 3.71. The Labute approximate surface area is 111 Å². The van der Waals surface area contributed by atoms with Gasteiger partial charge >= 0.3 is 0 Å². The Morgan fingerprint density at radius 3 is 2.65 bits per heavy atom. The van der Waals surface area contributed by atoms with Crippen LogP contribution in [0.4, 0.5) is 4.39 Å². The van der Waals surface area contributed by atoms with E-state index < -0.39 is 0 Å². The zero-order valence-corrected chi connectivity index (χ0v) is 11.4. The molecule has 1 nitrogen and oxygen atoms in total. The minimum absolute atomic E-state index is 0.141. The highest BCUT2D eigenvalue weighted by Crippen LogP contribution is 2.18. The molecule has 1 aromatic carbocycles. The van der Waals surface area contributed by atoms with Gasteiger partial charge in [0, 0.05) is 12.8 Å². The van der Waals surface area contributed by atoms with Crippen molar-refractivity contribution in [1.29, 1.82) is 0 Å². The van der Waals surface area contributed by atoms with Gasteiger partial charge in [-0.2, -0.15) is 11.3 Å². The maximum absolute atomic E-state index is 13.0. The Balaban J connectivity index is 2.00. The molecule has 0 unspecified atom stereocenters. The summed E-state index contributed by atoms with van der Waals surface area (Å²) >= 11 is 4.69. The average Bonchev–Trinajstić information content (AvgIpc) is 2.76. The molecule has 0 N–H and O–H groups in total. The number of carbonyl (C=O) groups excluding carboxylic acids is 1. The number of thiophene rings is 1. The molecule has 0 radical (unpaired) electrons. The summed E-state index contributed by atoms with van der Waals surface area (Å²) in [7, 11) is 0. The van der Waals surface area contributed by atoms with Crippen molar-refractivity contribution in [1.82, 2.24) is 0 Å². The molecule has 4 heteroatoms. The van der Waals surface area contributed by atoms with E-state index in [2.05, 4.69) is 15.9 Å². The van der Waals surface area contributed by atoms with Crippen LogP contribution in [-0.4, -0.2) is 5.78 Å². The van der Waals surface area contributed by atoms with Crippen molar-refractivity contribution in [2.24, 2.45) is 0 Å². The van der Waals surface area contributed by atoms with Crippen LogP contribution in [0, 0.1) is 5.82 Å². The molecule has 0 aliphatic rings. The van der Waals surface area contributed by atoms with E-state index in [-0.39, 0.29) is 11.6 Å². The van der Waals surface area contributed by atoms with E-state index in [0.29, 0.717) is 17.3 Å². The minimum Gasteiger partial charge on any atom is -0.299 e. The second kappa shape index (κ2) is 5.56. The number of hydrogen-bond acceptors (Lipinski definition) is 2. The Morgan fingerprint density at radius 2 is 2.00 bits per heavy atom. The molecule has 0 saturated heterocycles. The maximum Gasteiger partial charge on any atom is 0.141 e. The van der Waals surface area contributed by atoms with Crippen molar-refractivity contribution in [2.75, 3.05) is 0 Å². The molecule has 17 heavy (non-hydrogen) atoms. The molecule has 2 aromatic rings. The van der Waals surface area contributed by atoms with Gasteiger partial charge in [0.1, 0.15) is 11.6 Å². The normalized spacial score (nSPS) is 10.5. The molecule has 0 spiro atoms. The number of ketones is 1. The van der Waals surface area contributed by atoms with Crippen molar-refractivity contribution in [3.8, 4) is 0 Å². The zero-order chi connectivity index (χ0) is 12.3. The molecule has 1 aromatic heterocycles. The fraction of sp³-hybridized carbons (Fsp3) is 0.154. The van der Waals surface area contributed by atoms with Gasteiger partial charge < -0.3 is 0 Å². The van der Waals surface area contributed by atoms with Gasteiger partial charge in [0.15, 0.2) is 0 Å². The summed E-state index contributed by atoms with van der Waals surface area (Å²) in [6.45, 7) is 0. The van der Waals surface area contributed by atoms with Gasteiger partial charge in [0.05, 0.1) is 4.47 Å². The molecule has 0 aliphatic carbocycles. The molecule has 88 valence electrons. The van der Waals surface area contributed by atoms with Crippen LogP contribution in [0.5, 0.6) is 0 Å². The minimum atomic E-state index is -0.306. The van der Waals surface area contributed by atoms with E-state index in [0.717, 1.165) is 11.1 Å². The Bertz CT molecular complexity index is 522. The van der Waals surface area contributed by atoms with Crippen LogP contribution >= 0.6 is 27.3 Å². The van der Waals surface area contributed by atoms with E-state index in [1.165, 1.54) is 6.07 Å². The fourth-order valence-electron chi connectivity index (χ4n) is 1.56. The number of benzene rings is 1. The first-order valence-corrected chi connectivity index (χ1v) is 6.85. The fourth-order valence-corrected chi connectivity index (χ4v) is 2.66. The Hall–Kier alpha value is -1.00. The van der Waals surface area contributed by atoms with Gasteiger partial charge in [0.25, 0.3) is 0 Å². The number of Topliss-reactive ketones (excluding diaryl/α,β-unsaturated/α-hetero) is 1. The summed E-state index contributed by atoms with van der Waals surface area (Å²) in [5.41, 5.74) is 1.87. The quantitative estimate of drug-likeness (QED) is 0.834. The topological polar surface area (TPSA) is 17.1 Å². The monoisotopic (exact) mass is 312 g/mol. The lowest BCUT2D eigenvalue weighted by atomic mass is 10.0. The van der Waals surface area contributed by atoms with Crippen LogP contribution in [-0.2, 0) is 17.6 Å². The van der Waals surface area contributed by atoms with Crippen LogP contribution in [0.2, 0.25) is 0 Å². The summed E-state index contributed by atoms with van der Waals surface area (Å²) in [5, 5.41) is 3.93. The highest BCUT2D eigenvalue weighted by atomic mass is 79.9. The molecule has 0 fully saturated rings. The summed E-state index contributed by atoms with van der Waals surface area (Å²) in [6, 6.07) is 6.62. The number of hydrogen-bond donors (Lipinski definition) is 0. The summed E-state index contributed by atoms with van der Waals surface area (Å²) < 4.78 is 13.4. The molecule has 2 rings (SSSR count). The molecule has 0 amide bonds. The SMILES string of the molecule is O=C(Cc1ccsc1)Cc1ccc(F)c(Br)c1. The van der Waals surface area contributed by atoms with Crippen LogP contribution in [0.3, 0.4) is 0 Å². The van der Waals surface area contributed by atoms with E-state index >= 15 is 0 Å². The lowest BCUT2D eigenvalue weighted by molar-refractivity contribution is -0.117. The average molecular weight is 313 g/mol. The molecule has 0 bridgehead atoms. The van der Waals surface area contributed by atoms with Crippen LogP contribution in [0.25, 0.3) is 0 Å². The van der Waals surface area contributed by atoms with Crippen molar-refractivity contribution in [2.45, 2.75) is 12.8 Å². The van der Waals surface area contributed by atoms with Gasteiger partial charge in [-0.3, -0.25) is 4.79 Å². The van der Waals surface area contributed by atoms with Gasteiger partial charge in [-0.05, 0) is 56.0 Å². The lowest BCUT2D eigenvalue weighted by Gasteiger charge is -2.02. The third-order valence-electron chi connectivity index (χ3n) is 2.37. The van der Waals surface area contributed by atoms with Crippen LogP contribution in [0.15, 0.2) is 39.5 Å². The van der Waals surface area contributed by atoms with Crippen molar-refractivity contribution < 1.29 is 9.18 Å². The number of halogens is 2. The second-order valence-electron chi connectivity index (χ2n) is 3.77. The van der Waals surface area contributed by atoms with E-state index in [9.17, 15) is 9.18 Å². The Kier molecular flexibility index (Phi) is 4.07. The maximum atomic E-state index is 13.0. The molecule has 1 heterocycles. The standard InChI is InChI=1S/C13H10BrFOS/c14-12-7-9(1-2-13(12)15)5-11(16)6-10-3-4-17-8-10/h1-4,7-8H,5-6H2. The van der Waals surface area contributed by atoms with Crippen LogP contribution in [0.1, 0.15) is 11.1 Å². The number of rotatable bonds is 4. The second-order valence-corrected chi connectivity index (χ2v) is 5.41. The predicted molar refractivity (Wildman–Crippen MR) is 70.8 cm³/mol. The molecule has 0 saturated carbocycles. The molecule has 0 aliphatic heterocycles. The van der Waals surface area contributed by atoms with Crippen molar-refractivity contribution in [3.05, 3.63) is 56.4 Å². The van der Waals surface area contributed by atoms with Crippen molar-refractivity contribution in [3.63, 3.8) is 0 Å². The Morgan fingerprint density at radius 1 is 1.24 bits per heavy atom. The van der Waals surface area contributed by atoms with Gasteiger partial charge in [-0.15, -0.1) is 0 Å². The van der Waals surface area contributed by atoms with Gasteiger partial charge in [0.2, 0.25) is 0 Å². The predicted octanol–water partition coefficient (Wildman–Crippen LogP) is 4.00. The first-order valence-electron chi connectivity index (χ1n) is 5.12. The lowest BCUT2D eigenvalue weighted by Crippen LogP contribution is -2.06. The number of carbonyl (C=O) groups is 1. The van der Waals surface area contributed by atoms with Crippen LogP contribution < -0.4 is 0 Å². The summed E-state index contributed by atoms with van der Waals surface area (Å²) in [5.74, 6) is -0.166. The third kappa shape index (κ3) is 3.48. The van der Waals surface area contributed by atoms with Gasteiger partial charge in [-0.1, -0.05) is 6.07 Å². The first kappa shape index (κ1) is 12.5. The highest BCUT2D eigenvalue weighted by molar-refractivity contribution is 9.10. The van der Waals surface area contributed by atoms with Gasteiger partial charge in [-0.25, -0.2) is 4.39 Å². The smallest absolute Gasteiger partial charge is 0.141 e. The summed E-state index contributed by atoms with van der Waals surface area (Å²) in [4.78, 5) is 11.8. The summed E-state index contributed by atoms with van der Waals surface area (Å²) in [6.07, 6.45) is 0.785. The van der Waals surface area contributed by atoms with E-state index in [1.54, 1.807) is 23.5 Å².